The Balaban J connectivity index is 2.55. The zero-order chi connectivity index (χ0) is 4.57. The first-order valence-electron chi connectivity index (χ1n) is 1.68. The Kier molecular flexibility index (Phi) is 0.592. The number of hydrogen-bond donors (Lipinski definition) is 2. The van der Waals surface area contributed by atoms with Gasteiger partial charge in [-0.15, -0.1) is 0 Å². The molecule has 0 saturated heterocycles. The minimum Gasteiger partial charge on any atom is -0.377 e. The van der Waals surface area contributed by atoms with Crippen LogP contribution in [0.15, 0.2) is 0 Å². The SMILES string of the molecule is OC1C#CC1O. The van der Waals surface area contributed by atoms with Gasteiger partial charge in [-0.05, 0) is 0 Å². The summed E-state index contributed by atoms with van der Waals surface area (Å²) >= 11 is 0. The number of rotatable bonds is 0. The summed E-state index contributed by atoms with van der Waals surface area (Å²) in [6.45, 7) is 0. The maximum absolute atomic E-state index is 8.29. The molecule has 0 aliphatic heterocycles. The van der Waals surface area contributed by atoms with Crippen molar-refractivity contribution in [1.82, 2.24) is 0 Å². The van der Waals surface area contributed by atoms with E-state index in [9.17, 15) is 0 Å². The summed E-state index contributed by atoms with van der Waals surface area (Å²) in [5, 5.41) is 16.6. The van der Waals surface area contributed by atoms with Crippen LogP contribution in [0.2, 0.25) is 0 Å². The molecule has 1 rings (SSSR count). The fraction of sp³-hybridized carbons (Fsp3) is 0.500. The van der Waals surface area contributed by atoms with E-state index in [2.05, 4.69) is 11.8 Å². The average molecular weight is 84.1 g/mol. The van der Waals surface area contributed by atoms with E-state index in [1.807, 2.05) is 0 Å². The van der Waals surface area contributed by atoms with Gasteiger partial charge in [0.05, 0.1) is 0 Å². The smallest absolute Gasteiger partial charge is 0.151 e. The van der Waals surface area contributed by atoms with Crippen molar-refractivity contribution in [2.24, 2.45) is 0 Å². The summed E-state index contributed by atoms with van der Waals surface area (Å²) in [5.41, 5.74) is 0. The first-order chi connectivity index (χ1) is 2.80. The van der Waals surface area contributed by atoms with Crippen LogP contribution < -0.4 is 0 Å². The Morgan fingerprint density at radius 2 is 1.33 bits per heavy atom. The molecule has 0 aromatic heterocycles. The van der Waals surface area contributed by atoms with E-state index in [1.54, 1.807) is 0 Å². The van der Waals surface area contributed by atoms with Gasteiger partial charge < -0.3 is 10.2 Å². The second-order valence-corrected chi connectivity index (χ2v) is 1.18. The van der Waals surface area contributed by atoms with Crippen molar-refractivity contribution < 1.29 is 10.2 Å². The van der Waals surface area contributed by atoms with Crippen LogP contribution in [0.25, 0.3) is 0 Å². The lowest BCUT2D eigenvalue weighted by atomic mass is 10.1. The number of aliphatic hydroxyl groups is 2. The molecule has 1 aliphatic carbocycles. The molecule has 0 bridgehead atoms. The molecule has 0 fully saturated rings. The van der Waals surface area contributed by atoms with Crippen LogP contribution in [0, 0.1) is 11.8 Å². The Morgan fingerprint density at radius 1 is 1.00 bits per heavy atom. The van der Waals surface area contributed by atoms with Crippen LogP contribution >= 0.6 is 0 Å². The minimum atomic E-state index is -0.773. The van der Waals surface area contributed by atoms with Gasteiger partial charge in [0.25, 0.3) is 0 Å². The Labute approximate surface area is 35.4 Å². The first kappa shape index (κ1) is 3.66. The average Bonchev–Trinajstić information content (AvgIpc) is 1.61. The highest BCUT2D eigenvalue weighted by molar-refractivity contribution is 5.24. The van der Waals surface area contributed by atoms with Gasteiger partial charge in [-0.25, -0.2) is 0 Å². The summed E-state index contributed by atoms with van der Waals surface area (Å²) < 4.78 is 0. The molecule has 0 spiro atoms. The van der Waals surface area contributed by atoms with Gasteiger partial charge in [0.1, 0.15) is 0 Å². The van der Waals surface area contributed by atoms with Gasteiger partial charge in [-0.1, -0.05) is 11.8 Å². The van der Waals surface area contributed by atoms with E-state index < -0.39 is 12.2 Å². The van der Waals surface area contributed by atoms with Crippen LogP contribution in [0.5, 0.6) is 0 Å². The largest absolute Gasteiger partial charge is 0.377 e. The minimum absolute atomic E-state index is 0.773. The topological polar surface area (TPSA) is 40.5 Å². The second kappa shape index (κ2) is 0.970. The molecule has 2 N–H and O–H groups in total. The zero-order valence-corrected chi connectivity index (χ0v) is 3.05. The first-order valence-corrected chi connectivity index (χ1v) is 1.68. The lowest BCUT2D eigenvalue weighted by Gasteiger charge is -2.11. The van der Waals surface area contributed by atoms with Crippen LogP contribution in [-0.2, 0) is 0 Å². The lowest BCUT2D eigenvalue weighted by Crippen LogP contribution is -2.29. The van der Waals surface area contributed by atoms with Gasteiger partial charge in [-0.3, -0.25) is 0 Å². The Morgan fingerprint density at radius 3 is 1.33 bits per heavy atom. The zero-order valence-electron chi connectivity index (χ0n) is 3.05. The summed E-state index contributed by atoms with van der Waals surface area (Å²) in [6, 6.07) is 0. The Hall–Kier alpha value is -0.520. The van der Waals surface area contributed by atoms with E-state index in [0.29, 0.717) is 0 Å². The van der Waals surface area contributed by atoms with Crippen molar-refractivity contribution in [2.75, 3.05) is 0 Å². The molecular weight excluding hydrogens is 80.0 g/mol. The van der Waals surface area contributed by atoms with E-state index in [1.165, 1.54) is 0 Å². The van der Waals surface area contributed by atoms with Crippen molar-refractivity contribution in [1.29, 1.82) is 0 Å². The fourth-order valence-corrected chi connectivity index (χ4v) is 0.232. The molecular formula is C4H4O2. The molecule has 6 heavy (non-hydrogen) atoms. The van der Waals surface area contributed by atoms with Crippen LogP contribution in [-0.4, -0.2) is 22.4 Å². The molecule has 0 aromatic carbocycles. The van der Waals surface area contributed by atoms with E-state index in [-0.39, 0.29) is 0 Å². The predicted molar refractivity (Wildman–Crippen MR) is 19.8 cm³/mol. The van der Waals surface area contributed by atoms with Crippen molar-refractivity contribution in [3.63, 3.8) is 0 Å². The molecule has 0 radical (unpaired) electrons. The molecule has 0 amide bonds. The third kappa shape index (κ3) is 0.298. The lowest BCUT2D eigenvalue weighted by molar-refractivity contribution is 0.0795. The highest BCUT2D eigenvalue weighted by atomic mass is 16.3. The van der Waals surface area contributed by atoms with E-state index in [4.69, 9.17) is 10.2 Å². The van der Waals surface area contributed by atoms with Crippen molar-refractivity contribution in [3.05, 3.63) is 0 Å². The van der Waals surface area contributed by atoms with Crippen molar-refractivity contribution >= 4 is 0 Å². The van der Waals surface area contributed by atoms with Gasteiger partial charge in [0.15, 0.2) is 12.2 Å². The van der Waals surface area contributed by atoms with E-state index in [0.717, 1.165) is 0 Å². The van der Waals surface area contributed by atoms with Gasteiger partial charge >= 0.3 is 0 Å². The summed E-state index contributed by atoms with van der Waals surface area (Å²) in [7, 11) is 0. The molecule has 1 aliphatic rings. The molecule has 2 unspecified atom stereocenters. The number of hydrogen-bond acceptors (Lipinski definition) is 2. The molecule has 0 saturated carbocycles. The van der Waals surface area contributed by atoms with Gasteiger partial charge in [0, 0.05) is 0 Å². The molecule has 2 heteroatoms. The predicted octanol–water partition coefficient (Wildman–Crippen LogP) is -1.27. The van der Waals surface area contributed by atoms with Crippen molar-refractivity contribution in [3.8, 4) is 11.8 Å². The third-order valence-electron chi connectivity index (χ3n) is 0.678. The van der Waals surface area contributed by atoms with Crippen LogP contribution in [0.4, 0.5) is 0 Å². The summed E-state index contributed by atoms with van der Waals surface area (Å²) in [6.07, 6.45) is -1.55. The molecule has 32 valence electrons. The Bertz CT molecular complexity index is 96.5. The summed E-state index contributed by atoms with van der Waals surface area (Å²) in [4.78, 5) is 0. The molecule has 0 heterocycles. The number of aliphatic hydroxyl groups excluding tert-OH is 2. The quantitative estimate of drug-likeness (QED) is 0.359. The standard InChI is InChI=1S/C4H4O2/c5-3-1-2-4(3)6/h3-6H. The molecule has 0 aromatic rings. The van der Waals surface area contributed by atoms with Gasteiger partial charge in [-0.2, -0.15) is 0 Å². The van der Waals surface area contributed by atoms with Gasteiger partial charge in [0.2, 0.25) is 0 Å². The highest BCUT2D eigenvalue weighted by Gasteiger charge is 2.16. The normalized spacial score (nSPS) is 39.7. The second-order valence-electron chi connectivity index (χ2n) is 1.18. The molecule has 2 atom stereocenters. The maximum atomic E-state index is 8.29. The summed E-state index contributed by atoms with van der Waals surface area (Å²) in [5.74, 6) is 4.63. The maximum Gasteiger partial charge on any atom is 0.151 e. The van der Waals surface area contributed by atoms with Crippen LogP contribution in [0.1, 0.15) is 0 Å². The fourth-order valence-electron chi connectivity index (χ4n) is 0.232. The third-order valence-corrected chi connectivity index (χ3v) is 0.678. The van der Waals surface area contributed by atoms with E-state index >= 15 is 0 Å². The highest BCUT2D eigenvalue weighted by Crippen LogP contribution is 1.96. The molecule has 2 nitrogen and oxygen atoms in total. The van der Waals surface area contributed by atoms with Crippen molar-refractivity contribution in [2.45, 2.75) is 12.2 Å². The van der Waals surface area contributed by atoms with Crippen LogP contribution in [0.3, 0.4) is 0 Å². The monoisotopic (exact) mass is 84.0 g/mol.